The molecule has 0 radical (unpaired) electrons. The van der Waals surface area contributed by atoms with Crippen LogP contribution in [0.1, 0.15) is 10.4 Å². The van der Waals surface area contributed by atoms with Crippen LogP contribution in [0.3, 0.4) is 0 Å². The highest BCUT2D eigenvalue weighted by molar-refractivity contribution is 6.04. The van der Waals surface area contributed by atoms with Gasteiger partial charge in [0.1, 0.15) is 17.5 Å². The number of anilines is 2. The second kappa shape index (κ2) is 7.11. The van der Waals surface area contributed by atoms with Gasteiger partial charge >= 0.3 is 0 Å². The third kappa shape index (κ3) is 3.55. The molecule has 7 heteroatoms. The predicted octanol–water partition coefficient (Wildman–Crippen LogP) is 4.08. The molecule has 0 saturated heterocycles. The number of nitrogens with zero attached hydrogens (tertiary/aromatic N) is 3. The molecule has 0 fully saturated rings. The highest BCUT2D eigenvalue weighted by atomic mass is 19.1. The molecule has 28 heavy (non-hydrogen) atoms. The number of aromatic nitrogens is 3. The molecule has 0 unspecified atom stereocenters. The number of carbonyl (C=O) groups is 1. The number of fused-ring (bicyclic) bond motifs is 1. The molecule has 0 aliphatic carbocycles. The topological polar surface area (TPSA) is 73.9 Å². The van der Waals surface area contributed by atoms with Crippen LogP contribution >= 0.6 is 0 Å². The van der Waals surface area contributed by atoms with Crippen LogP contribution in [0.4, 0.5) is 15.9 Å². The molecule has 4 aromatic rings. The third-order valence-electron chi connectivity index (χ3n) is 4.33. The Labute approximate surface area is 161 Å². The van der Waals surface area contributed by atoms with Crippen LogP contribution in [-0.2, 0) is 0 Å². The van der Waals surface area contributed by atoms with Crippen LogP contribution in [0.25, 0.3) is 22.4 Å². The number of hydrogen-bond acceptors (Lipinski definition) is 4. The van der Waals surface area contributed by atoms with Crippen LogP contribution in [0.5, 0.6) is 0 Å². The standard InChI is InChI=1S/C21H18FN5O/c1-27(2)19-11-14(9-10-23-19)21(28)24-16-6-3-13(4-7-16)20-25-17-8-5-15(22)12-18(17)26-20/h3-12H,1-2H3,(H,24,28)(H,25,26). The fourth-order valence-corrected chi connectivity index (χ4v) is 2.84. The summed E-state index contributed by atoms with van der Waals surface area (Å²) < 4.78 is 13.3. The molecule has 2 aromatic heterocycles. The van der Waals surface area contributed by atoms with E-state index < -0.39 is 0 Å². The van der Waals surface area contributed by atoms with E-state index >= 15 is 0 Å². The largest absolute Gasteiger partial charge is 0.363 e. The fraction of sp³-hybridized carbons (Fsp3) is 0.0952. The maximum atomic E-state index is 13.3. The maximum Gasteiger partial charge on any atom is 0.255 e. The van der Waals surface area contributed by atoms with E-state index in [9.17, 15) is 9.18 Å². The van der Waals surface area contributed by atoms with E-state index in [1.54, 1.807) is 36.5 Å². The zero-order valence-electron chi connectivity index (χ0n) is 15.4. The molecule has 140 valence electrons. The molecule has 0 aliphatic rings. The monoisotopic (exact) mass is 375 g/mol. The number of imidazole rings is 1. The lowest BCUT2D eigenvalue weighted by Crippen LogP contribution is -2.15. The summed E-state index contributed by atoms with van der Waals surface area (Å²) in [6.45, 7) is 0. The lowest BCUT2D eigenvalue weighted by molar-refractivity contribution is 0.102. The zero-order chi connectivity index (χ0) is 19.7. The van der Waals surface area contributed by atoms with Crippen molar-refractivity contribution in [3.05, 3.63) is 72.2 Å². The van der Waals surface area contributed by atoms with Gasteiger partial charge in [0.2, 0.25) is 0 Å². The molecule has 0 aliphatic heterocycles. The van der Waals surface area contributed by atoms with Crippen molar-refractivity contribution in [2.45, 2.75) is 0 Å². The van der Waals surface area contributed by atoms with E-state index in [0.717, 1.165) is 5.56 Å². The number of H-pyrrole nitrogens is 1. The minimum Gasteiger partial charge on any atom is -0.363 e. The van der Waals surface area contributed by atoms with Gasteiger partial charge in [-0.15, -0.1) is 0 Å². The first-order chi connectivity index (χ1) is 13.5. The average molecular weight is 375 g/mol. The second-order valence-electron chi connectivity index (χ2n) is 6.58. The summed E-state index contributed by atoms with van der Waals surface area (Å²) in [6.07, 6.45) is 1.61. The predicted molar refractivity (Wildman–Crippen MR) is 108 cm³/mol. The van der Waals surface area contributed by atoms with Crippen LogP contribution < -0.4 is 10.2 Å². The molecule has 0 saturated carbocycles. The molecule has 2 heterocycles. The van der Waals surface area contributed by atoms with Crippen molar-refractivity contribution in [1.82, 2.24) is 15.0 Å². The molecule has 6 nitrogen and oxygen atoms in total. The van der Waals surface area contributed by atoms with Gasteiger partial charge < -0.3 is 15.2 Å². The Morgan fingerprint density at radius 1 is 1.07 bits per heavy atom. The van der Waals surface area contributed by atoms with Gasteiger partial charge in [0.15, 0.2) is 0 Å². The fourth-order valence-electron chi connectivity index (χ4n) is 2.84. The van der Waals surface area contributed by atoms with Crippen molar-refractivity contribution < 1.29 is 9.18 Å². The van der Waals surface area contributed by atoms with Crippen LogP contribution in [-0.4, -0.2) is 35.0 Å². The van der Waals surface area contributed by atoms with Crippen molar-refractivity contribution >= 4 is 28.4 Å². The normalized spacial score (nSPS) is 10.8. The van der Waals surface area contributed by atoms with Crippen LogP contribution in [0, 0.1) is 5.82 Å². The first-order valence-electron chi connectivity index (χ1n) is 8.70. The van der Waals surface area contributed by atoms with Gasteiger partial charge in [-0.1, -0.05) is 0 Å². The number of halogens is 1. The smallest absolute Gasteiger partial charge is 0.255 e. The van der Waals surface area contributed by atoms with Crippen molar-refractivity contribution in [1.29, 1.82) is 0 Å². The number of amides is 1. The zero-order valence-corrected chi connectivity index (χ0v) is 15.4. The summed E-state index contributed by atoms with van der Waals surface area (Å²) in [6, 6.07) is 15.1. The summed E-state index contributed by atoms with van der Waals surface area (Å²) in [5.74, 6) is 0.833. The molecule has 1 amide bonds. The van der Waals surface area contributed by atoms with Gasteiger partial charge in [0.25, 0.3) is 5.91 Å². The first kappa shape index (κ1) is 17.7. The van der Waals surface area contributed by atoms with Crippen molar-refractivity contribution in [2.24, 2.45) is 0 Å². The Balaban J connectivity index is 1.52. The molecule has 2 N–H and O–H groups in total. The molecule has 0 bridgehead atoms. The maximum absolute atomic E-state index is 13.3. The lowest BCUT2D eigenvalue weighted by Gasteiger charge is -2.12. The highest BCUT2D eigenvalue weighted by Crippen LogP contribution is 2.23. The van der Waals surface area contributed by atoms with Crippen molar-refractivity contribution in [3.8, 4) is 11.4 Å². The van der Waals surface area contributed by atoms with Crippen molar-refractivity contribution in [3.63, 3.8) is 0 Å². The molecule has 2 aromatic carbocycles. The molecule has 0 atom stereocenters. The average Bonchev–Trinajstić information content (AvgIpc) is 3.11. The van der Waals surface area contributed by atoms with Gasteiger partial charge in [-0.2, -0.15) is 0 Å². The number of carbonyl (C=O) groups excluding carboxylic acids is 1. The summed E-state index contributed by atoms with van der Waals surface area (Å²) in [5, 5.41) is 2.87. The van der Waals surface area contributed by atoms with E-state index in [1.165, 1.54) is 12.1 Å². The van der Waals surface area contributed by atoms with Crippen LogP contribution in [0.15, 0.2) is 60.8 Å². The Morgan fingerprint density at radius 2 is 1.86 bits per heavy atom. The van der Waals surface area contributed by atoms with Gasteiger partial charge in [-0.25, -0.2) is 14.4 Å². The number of rotatable bonds is 4. The van der Waals surface area contributed by atoms with E-state index in [4.69, 9.17) is 0 Å². The van der Waals surface area contributed by atoms with Crippen molar-refractivity contribution in [2.75, 3.05) is 24.3 Å². The molecule has 4 rings (SSSR count). The minimum absolute atomic E-state index is 0.211. The Hall–Kier alpha value is -3.74. The summed E-state index contributed by atoms with van der Waals surface area (Å²) in [5.41, 5.74) is 3.37. The van der Waals surface area contributed by atoms with Gasteiger partial charge in [-0.05, 0) is 54.6 Å². The second-order valence-corrected chi connectivity index (χ2v) is 6.58. The molecular formula is C21H18FN5O. The quantitative estimate of drug-likeness (QED) is 0.564. The summed E-state index contributed by atoms with van der Waals surface area (Å²) in [4.78, 5) is 26.1. The summed E-state index contributed by atoms with van der Waals surface area (Å²) in [7, 11) is 3.74. The minimum atomic E-state index is -0.311. The Bertz CT molecular complexity index is 1150. The van der Waals surface area contributed by atoms with Gasteiger partial charge in [-0.3, -0.25) is 4.79 Å². The number of benzene rings is 2. The van der Waals surface area contributed by atoms with E-state index in [0.29, 0.717) is 33.9 Å². The third-order valence-corrected chi connectivity index (χ3v) is 4.33. The van der Waals surface area contributed by atoms with Gasteiger partial charge in [0.05, 0.1) is 11.0 Å². The number of pyridine rings is 1. The van der Waals surface area contributed by atoms with Crippen LogP contribution in [0.2, 0.25) is 0 Å². The first-order valence-corrected chi connectivity index (χ1v) is 8.70. The Morgan fingerprint density at radius 3 is 2.61 bits per heavy atom. The Kier molecular flexibility index (Phi) is 4.49. The van der Waals surface area contributed by atoms with Gasteiger partial charge in [0, 0.05) is 37.1 Å². The SMILES string of the molecule is CN(C)c1cc(C(=O)Nc2ccc(-c3nc4ccc(F)cc4[nH]3)cc2)ccn1. The summed E-state index contributed by atoms with van der Waals surface area (Å²) >= 11 is 0. The van der Waals surface area contributed by atoms with E-state index in [-0.39, 0.29) is 11.7 Å². The lowest BCUT2D eigenvalue weighted by atomic mass is 10.2. The molecule has 0 spiro atoms. The number of aromatic amines is 1. The van der Waals surface area contributed by atoms with E-state index in [1.807, 2.05) is 31.1 Å². The van der Waals surface area contributed by atoms with E-state index in [2.05, 4.69) is 20.3 Å². The number of hydrogen-bond donors (Lipinski definition) is 2. The molecular weight excluding hydrogens is 357 g/mol. The highest BCUT2D eigenvalue weighted by Gasteiger charge is 2.10. The number of nitrogens with one attached hydrogen (secondary N) is 2.